The van der Waals surface area contributed by atoms with Gasteiger partial charge in [-0.05, 0) is 31.3 Å². The van der Waals surface area contributed by atoms with Gasteiger partial charge in [0.2, 0.25) is 5.89 Å². The maximum atomic E-state index is 12.4. The number of aromatic nitrogens is 3. The van der Waals surface area contributed by atoms with Crippen molar-refractivity contribution in [2.45, 2.75) is 13.3 Å². The van der Waals surface area contributed by atoms with Gasteiger partial charge in [0.25, 0.3) is 4.84 Å². The molecule has 3 rings (SSSR count). The second-order valence-corrected chi connectivity index (χ2v) is 4.66. The van der Waals surface area contributed by atoms with Crippen molar-refractivity contribution in [1.82, 2.24) is 15.2 Å². The Kier molecular flexibility index (Phi) is 2.79. The minimum atomic E-state index is -0.00373. The maximum Gasteiger partial charge on any atom is 0.284 e. The van der Waals surface area contributed by atoms with Crippen molar-refractivity contribution in [2.24, 2.45) is 0 Å². The molecule has 0 unspecified atom stereocenters. The molecule has 2 N–H and O–H groups in total. The number of aryl methyl sites for hydroxylation is 1. The Hall–Kier alpha value is -2.21. The number of aromatic amines is 2. The van der Waals surface area contributed by atoms with Crippen LogP contribution in [0.15, 0.2) is 33.5 Å². The molecule has 3 aromatic rings. The van der Waals surface area contributed by atoms with Crippen molar-refractivity contribution in [3.63, 3.8) is 0 Å². The number of pyridine rings is 1. The summed E-state index contributed by atoms with van der Waals surface area (Å²) in [5.74, 6) is 0.411. The molecule has 0 aliphatic heterocycles. The summed E-state index contributed by atoms with van der Waals surface area (Å²) in [6.45, 7) is 1.87. The molecular weight excluding hydrogens is 262 g/mol. The fourth-order valence-electron chi connectivity index (χ4n) is 2.10. The zero-order valence-corrected chi connectivity index (χ0v) is 11.0. The molecule has 0 aliphatic carbocycles. The Labute approximate surface area is 113 Å². The van der Waals surface area contributed by atoms with E-state index in [1.165, 1.54) is 0 Å². The molecule has 2 heterocycles. The molecule has 0 bridgehead atoms. The molecule has 2 aromatic heterocycles. The second kappa shape index (κ2) is 4.47. The summed E-state index contributed by atoms with van der Waals surface area (Å²) >= 11 is 4.82. The van der Waals surface area contributed by atoms with E-state index in [2.05, 4.69) is 15.2 Å². The van der Waals surface area contributed by atoms with Crippen LogP contribution in [0.3, 0.4) is 0 Å². The van der Waals surface area contributed by atoms with Crippen LogP contribution in [0.2, 0.25) is 0 Å². The van der Waals surface area contributed by atoms with E-state index in [0.29, 0.717) is 23.3 Å². The number of hydrogen-bond donors (Lipinski definition) is 2. The quantitative estimate of drug-likeness (QED) is 0.703. The normalized spacial score (nSPS) is 11.0. The van der Waals surface area contributed by atoms with Crippen LogP contribution in [0.25, 0.3) is 10.9 Å². The van der Waals surface area contributed by atoms with Crippen molar-refractivity contribution in [1.29, 1.82) is 0 Å². The molecular formula is C13H11N3O2S. The van der Waals surface area contributed by atoms with Gasteiger partial charge in [0.15, 0.2) is 5.43 Å². The Bertz CT molecular complexity index is 860. The summed E-state index contributed by atoms with van der Waals surface area (Å²) in [7, 11) is 0. The highest BCUT2D eigenvalue weighted by molar-refractivity contribution is 7.71. The summed E-state index contributed by atoms with van der Waals surface area (Å²) in [5.41, 5.74) is 2.28. The third-order valence-electron chi connectivity index (χ3n) is 3.03. The molecule has 0 fully saturated rings. The van der Waals surface area contributed by atoms with Crippen LogP contribution in [-0.4, -0.2) is 15.2 Å². The summed E-state index contributed by atoms with van der Waals surface area (Å²) in [6, 6.07) is 7.42. The van der Waals surface area contributed by atoms with Gasteiger partial charge in [0.05, 0.1) is 6.42 Å². The first-order chi connectivity index (χ1) is 9.15. The van der Waals surface area contributed by atoms with E-state index in [9.17, 15) is 4.79 Å². The monoisotopic (exact) mass is 273 g/mol. The predicted octanol–water partition coefficient (Wildman–Crippen LogP) is 2.47. The van der Waals surface area contributed by atoms with Gasteiger partial charge in [0, 0.05) is 22.2 Å². The van der Waals surface area contributed by atoms with Gasteiger partial charge in [-0.2, -0.15) is 0 Å². The highest BCUT2D eigenvalue weighted by atomic mass is 32.1. The smallest absolute Gasteiger partial charge is 0.284 e. The van der Waals surface area contributed by atoms with Crippen molar-refractivity contribution < 1.29 is 4.42 Å². The first-order valence-electron chi connectivity index (χ1n) is 5.80. The van der Waals surface area contributed by atoms with E-state index in [1.54, 1.807) is 6.07 Å². The highest BCUT2D eigenvalue weighted by Crippen LogP contribution is 2.13. The third-order valence-corrected chi connectivity index (χ3v) is 3.21. The molecule has 6 heteroatoms. The number of rotatable bonds is 2. The molecule has 0 radical (unpaired) electrons. The van der Waals surface area contributed by atoms with Gasteiger partial charge in [-0.25, -0.2) is 5.10 Å². The molecule has 0 amide bonds. The van der Waals surface area contributed by atoms with E-state index in [4.69, 9.17) is 16.6 Å². The zero-order valence-electron chi connectivity index (χ0n) is 10.2. The molecule has 0 saturated carbocycles. The lowest BCUT2D eigenvalue weighted by molar-refractivity contribution is 0.490. The number of nitrogens with one attached hydrogen (secondary N) is 2. The lowest BCUT2D eigenvalue weighted by atomic mass is 10.1. The first kappa shape index (κ1) is 11.9. The molecule has 96 valence electrons. The van der Waals surface area contributed by atoms with Crippen molar-refractivity contribution >= 4 is 23.1 Å². The van der Waals surface area contributed by atoms with Gasteiger partial charge >= 0.3 is 0 Å². The average Bonchev–Trinajstić information content (AvgIpc) is 2.80. The molecule has 5 nitrogen and oxygen atoms in total. The summed E-state index contributed by atoms with van der Waals surface area (Å²) < 4.78 is 5.20. The van der Waals surface area contributed by atoms with E-state index in [-0.39, 0.29) is 10.3 Å². The number of fused-ring (bicyclic) bond motifs is 1. The molecule has 0 saturated heterocycles. The fourth-order valence-corrected chi connectivity index (χ4v) is 2.24. The predicted molar refractivity (Wildman–Crippen MR) is 73.8 cm³/mol. The second-order valence-electron chi connectivity index (χ2n) is 4.29. The highest BCUT2D eigenvalue weighted by Gasteiger charge is 2.12. The zero-order chi connectivity index (χ0) is 13.4. The van der Waals surface area contributed by atoms with Gasteiger partial charge in [0.1, 0.15) is 0 Å². The first-order valence-corrected chi connectivity index (χ1v) is 6.21. The van der Waals surface area contributed by atoms with E-state index < -0.39 is 0 Å². The minimum Gasteiger partial charge on any atom is -0.414 e. The molecule has 0 spiro atoms. The van der Waals surface area contributed by atoms with Gasteiger partial charge in [-0.3, -0.25) is 4.79 Å². The standard InChI is InChI=1S/C13H11N3O2S/c1-7-9(6-11-15-16-13(19)18-11)12(17)8-4-2-3-5-10(8)14-7/h2-5H,6H2,1H3,(H,14,17)(H,16,19). The molecule has 19 heavy (non-hydrogen) atoms. The fraction of sp³-hybridized carbons (Fsp3) is 0.154. The van der Waals surface area contributed by atoms with Crippen LogP contribution in [0.5, 0.6) is 0 Å². The lowest BCUT2D eigenvalue weighted by Crippen LogP contribution is -2.13. The van der Waals surface area contributed by atoms with Gasteiger partial charge in [-0.15, -0.1) is 5.10 Å². The Morgan fingerprint density at radius 2 is 2.16 bits per heavy atom. The topological polar surface area (TPSA) is 74.7 Å². The van der Waals surface area contributed by atoms with Crippen LogP contribution in [-0.2, 0) is 6.42 Å². The van der Waals surface area contributed by atoms with Crippen LogP contribution < -0.4 is 5.43 Å². The largest absolute Gasteiger partial charge is 0.414 e. The minimum absolute atomic E-state index is 0.00373. The Morgan fingerprint density at radius 3 is 2.89 bits per heavy atom. The Balaban J connectivity index is 2.18. The van der Waals surface area contributed by atoms with Crippen molar-refractivity contribution in [3.8, 4) is 0 Å². The summed E-state index contributed by atoms with van der Waals surface area (Å²) in [6.07, 6.45) is 0.319. The summed E-state index contributed by atoms with van der Waals surface area (Å²) in [5, 5.41) is 7.14. The van der Waals surface area contributed by atoms with Crippen LogP contribution >= 0.6 is 12.2 Å². The number of hydrogen-bond acceptors (Lipinski definition) is 4. The van der Waals surface area contributed by atoms with Crippen molar-refractivity contribution in [2.75, 3.05) is 0 Å². The van der Waals surface area contributed by atoms with E-state index >= 15 is 0 Å². The number of nitrogens with zero attached hydrogens (tertiary/aromatic N) is 1. The third kappa shape index (κ3) is 2.10. The molecule has 1 aromatic carbocycles. The molecule has 0 atom stereocenters. The SMILES string of the molecule is Cc1[nH]c2ccccc2c(=O)c1Cc1n[nH]c(=S)o1. The van der Waals surface area contributed by atoms with Crippen molar-refractivity contribution in [3.05, 3.63) is 56.5 Å². The van der Waals surface area contributed by atoms with E-state index in [0.717, 1.165) is 11.2 Å². The van der Waals surface area contributed by atoms with Gasteiger partial charge in [-0.1, -0.05) is 12.1 Å². The van der Waals surface area contributed by atoms with E-state index in [1.807, 2.05) is 25.1 Å². The van der Waals surface area contributed by atoms with Crippen LogP contribution in [0, 0.1) is 11.8 Å². The number of H-pyrrole nitrogens is 2. The van der Waals surface area contributed by atoms with Crippen LogP contribution in [0.1, 0.15) is 17.1 Å². The average molecular weight is 273 g/mol. The van der Waals surface area contributed by atoms with Gasteiger partial charge < -0.3 is 9.40 Å². The maximum absolute atomic E-state index is 12.4. The van der Waals surface area contributed by atoms with Crippen LogP contribution in [0.4, 0.5) is 0 Å². The number of para-hydroxylation sites is 1. The summed E-state index contributed by atoms with van der Waals surface area (Å²) in [4.78, 5) is 15.9. The Morgan fingerprint density at radius 1 is 1.37 bits per heavy atom. The molecule has 0 aliphatic rings. The number of benzene rings is 1. The lowest BCUT2D eigenvalue weighted by Gasteiger charge is -2.05.